The number of benzene rings is 2. The van der Waals surface area contributed by atoms with E-state index in [0.717, 1.165) is 22.8 Å². The first-order valence-electron chi connectivity index (χ1n) is 13.5. The number of nitrogens with zero attached hydrogens (tertiary/aromatic N) is 2. The van der Waals surface area contributed by atoms with Crippen LogP contribution in [0.2, 0.25) is 0 Å². The average Bonchev–Trinajstić information content (AvgIpc) is 3.43. The normalized spacial score (nSPS) is 22.9. The van der Waals surface area contributed by atoms with Crippen LogP contribution in [0.3, 0.4) is 0 Å². The molecule has 3 aliphatic rings. The van der Waals surface area contributed by atoms with Crippen LogP contribution in [-0.4, -0.2) is 34.2 Å². The van der Waals surface area contributed by atoms with Gasteiger partial charge in [0, 0.05) is 22.9 Å². The van der Waals surface area contributed by atoms with Crippen molar-refractivity contribution in [1.82, 2.24) is 9.88 Å². The van der Waals surface area contributed by atoms with Crippen molar-refractivity contribution in [3.8, 4) is 0 Å². The SMILES string of the molecule is CC1(C)CCC(c2ccccc2C(F)(F)F)N(CC(=O)Nc2ccc3c(c2)CC2(C3)C(=O)Nc3ncccc32)C1=O. The maximum Gasteiger partial charge on any atom is 0.416 e. The van der Waals surface area contributed by atoms with Gasteiger partial charge in [0.05, 0.1) is 17.0 Å². The number of hydrogen-bond donors (Lipinski definition) is 2. The number of alkyl halides is 3. The third-order valence-corrected chi connectivity index (χ3v) is 8.66. The lowest BCUT2D eigenvalue weighted by Gasteiger charge is -2.43. The van der Waals surface area contributed by atoms with Crippen LogP contribution in [0.1, 0.15) is 60.5 Å². The molecule has 0 saturated carbocycles. The number of hydrogen-bond acceptors (Lipinski definition) is 4. The molecule has 3 heterocycles. The molecule has 212 valence electrons. The van der Waals surface area contributed by atoms with E-state index in [2.05, 4.69) is 15.6 Å². The van der Waals surface area contributed by atoms with Gasteiger partial charge >= 0.3 is 6.18 Å². The molecule has 7 nitrogen and oxygen atoms in total. The van der Waals surface area contributed by atoms with E-state index < -0.39 is 34.5 Å². The average molecular weight is 563 g/mol. The Balaban J connectivity index is 1.23. The number of carbonyl (C=O) groups excluding carboxylic acids is 3. The Morgan fingerprint density at radius 1 is 1.07 bits per heavy atom. The summed E-state index contributed by atoms with van der Waals surface area (Å²) in [5.74, 6) is -0.415. The lowest BCUT2D eigenvalue weighted by atomic mass is 9.78. The molecule has 2 N–H and O–H groups in total. The summed E-state index contributed by atoms with van der Waals surface area (Å²) < 4.78 is 41.5. The maximum atomic E-state index is 13.8. The lowest BCUT2D eigenvalue weighted by Crippen LogP contribution is -2.50. The molecule has 0 radical (unpaired) electrons. The molecule has 0 bridgehead atoms. The van der Waals surface area contributed by atoms with Crippen molar-refractivity contribution in [2.75, 3.05) is 17.2 Å². The third-order valence-electron chi connectivity index (χ3n) is 8.66. The first-order valence-corrected chi connectivity index (χ1v) is 13.5. The number of amides is 3. The van der Waals surface area contributed by atoms with Crippen molar-refractivity contribution in [3.63, 3.8) is 0 Å². The van der Waals surface area contributed by atoms with Gasteiger partial charge in [-0.1, -0.05) is 44.2 Å². The highest BCUT2D eigenvalue weighted by Crippen LogP contribution is 2.47. The van der Waals surface area contributed by atoms with Crippen LogP contribution in [0.15, 0.2) is 60.8 Å². The van der Waals surface area contributed by atoms with Gasteiger partial charge in [0.2, 0.25) is 17.7 Å². The van der Waals surface area contributed by atoms with Crippen LogP contribution in [-0.2, 0) is 38.8 Å². The minimum absolute atomic E-state index is 0.0101. The Labute approximate surface area is 235 Å². The number of halogens is 3. The summed E-state index contributed by atoms with van der Waals surface area (Å²) in [5, 5.41) is 5.70. The Morgan fingerprint density at radius 3 is 2.61 bits per heavy atom. The molecule has 1 saturated heterocycles. The zero-order valence-electron chi connectivity index (χ0n) is 22.6. The molecule has 3 aromatic rings. The molecule has 2 aromatic carbocycles. The van der Waals surface area contributed by atoms with E-state index in [4.69, 9.17) is 0 Å². The predicted octanol–water partition coefficient (Wildman–Crippen LogP) is 5.42. The summed E-state index contributed by atoms with van der Waals surface area (Å²) in [6.07, 6.45) is -1.29. The molecule has 1 aromatic heterocycles. The number of likely N-dealkylation sites (tertiary alicyclic amines) is 1. The minimum Gasteiger partial charge on any atom is -0.326 e. The van der Waals surface area contributed by atoms with Gasteiger partial charge in [0.15, 0.2) is 0 Å². The van der Waals surface area contributed by atoms with Crippen molar-refractivity contribution in [2.24, 2.45) is 5.41 Å². The first-order chi connectivity index (χ1) is 19.4. The van der Waals surface area contributed by atoms with E-state index in [1.54, 1.807) is 32.2 Å². The second-order valence-corrected chi connectivity index (χ2v) is 11.8. The number of anilines is 2. The Morgan fingerprint density at radius 2 is 1.83 bits per heavy atom. The number of fused-ring (bicyclic) bond motifs is 3. The molecule has 41 heavy (non-hydrogen) atoms. The molecule has 1 aliphatic carbocycles. The monoisotopic (exact) mass is 562 g/mol. The van der Waals surface area contributed by atoms with Gasteiger partial charge in [-0.05, 0) is 66.6 Å². The van der Waals surface area contributed by atoms with E-state index in [1.165, 1.54) is 23.1 Å². The zero-order chi connectivity index (χ0) is 29.2. The molecule has 10 heteroatoms. The van der Waals surface area contributed by atoms with Gasteiger partial charge < -0.3 is 15.5 Å². The van der Waals surface area contributed by atoms with Crippen molar-refractivity contribution in [3.05, 3.63) is 88.6 Å². The standard InChI is InChI=1S/C31H29F3N4O3/c1-29(2)12-11-24(21-6-3-4-7-22(21)31(32,33)34)38(28(29)41)17-25(39)36-20-10-9-18-15-30(16-19(18)14-20)23-8-5-13-35-26(23)37-27(30)40/h3-10,13-14,24H,11-12,15-17H2,1-2H3,(H,36,39)(H,35,37,40). The van der Waals surface area contributed by atoms with Gasteiger partial charge in [-0.25, -0.2) is 4.98 Å². The molecule has 2 unspecified atom stereocenters. The minimum atomic E-state index is -4.59. The Kier molecular flexibility index (Phi) is 6.20. The highest BCUT2D eigenvalue weighted by atomic mass is 19.4. The number of carbonyl (C=O) groups is 3. The van der Waals surface area contributed by atoms with Crippen LogP contribution >= 0.6 is 0 Å². The van der Waals surface area contributed by atoms with Crippen molar-refractivity contribution in [1.29, 1.82) is 0 Å². The van der Waals surface area contributed by atoms with E-state index in [9.17, 15) is 27.6 Å². The summed E-state index contributed by atoms with van der Waals surface area (Å²) in [4.78, 5) is 45.2. The number of piperidine rings is 1. The summed E-state index contributed by atoms with van der Waals surface area (Å²) >= 11 is 0. The van der Waals surface area contributed by atoms with Crippen LogP contribution in [0.4, 0.5) is 24.7 Å². The first kappa shape index (κ1) is 27.0. The summed E-state index contributed by atoms with van der Waals surface area (Å²) in [6.45, 7) is 3.10. The maximum absolute atomic E-state index is 13.8. The Bertz CT molecular complexity index is 1580. The second-order valence-electron chi connectivity index (χ2n) is 11.8. The van der Waals surface area contributed by atoms with Crippen molar-refractivity contribution < 1.29 is 27.6 Å². The third kappa shape index (κ3) is 4.55. The fourth-order valence-electron chi connectivity index (χ4n) is 6.54. The van der Waals surface area contributed by atoms with Crippen LogP contribution < -0.4 is 10.6 Å². The topological polar surface area (TPSA) is 91.4 Å². The summed E-state index contributed by atoms with van der Waals surface area (Å²) in [7, 11) is 0. The molecule has 2 atom stereocenters. The van der Waals surface area contributed by atoms with E-state index in [-0.39, 0.29) is 23.9 Å². The summed E-state index contributed by atoms with van der Waals surface area (Å²) in [6, 6.07) is 13.5. The quantitative estimate of drug-likeness (QED) is 0.445. The zero-order valence-corrected chi connectivity index (χ0v) is 22.6. The Hall–Kier alpha value is -4.21. The highest BCUT2D eigenvalue weighted by molar-refractivity contribution is 6.06. The highest BCUT2D eigenvalue weighted by Gasteiger charge is 2.51. The number of rotatable bonds is 4. The van der Waals surface area contributed by atoms with Crippen molar-refractivity contribution >= 4 is 29.2 Å². The molecule has 1 spiro atoms. The van der Waals surface area contributed by atoms with E-state index in [0.29, 0.717) is 37.2 Å². The van der Waals surface area contributed by atoms with Gasteiger partial charge in [-0.2, -0.15) is 13.2 Å². The predicted molar refractivity (Wildman–Crippen MR) is 146 cm³/mol. The molecule has 2 aliphatic heterocycles. The molecular weight excluding hydrogens is 533 g/mol. The van der Waals surface area contributed by atoms with Gasteiger partial charge in [-0.15, -0.1) is 0 Å². The van der Waals surface area contributed by atoms with Crippen LogP contribution in [0, 0.1) is 5.41 Å². The second kappa shape index (κ2) is 9.43. The fraction of sp³-hybridized carbons (Fsp3) is 0.355. The molecule has 6 rings (SSSR count). The largest absolute Gasteiger partial charge is 0.416 e. The van der Waals surface area contributed by atoms with Gasteiger partial charge in [0.1, 0.15) is 12.4 Å². The fourth-order valence-corrected chi connectivity index (χ4v) is 6.54. The van der Waals surface area contributed by atoms with Gasteiger partial charge in [0.25, 0.3) is 0 Å². The van der Waals surface area contributed by atoms with Crippen LogP contribution in [0.25, 0.3) is 0 Å². The molecular formula is C31H29F3N4O3. The van der Waals surface area contributed by atoms with E-state index >= 15 is 0 Å². The number of nitrogens with one attached hydrogen (secondary N) is 2. The number of aromatic nitrogens is 1. The van der Waals surface area contributed by atoms with Crippen molar-refractivity contribution in [2.45, 2.75) is 57.2 Å². The molecule has 3 amide bonds. The van der Waals surface area contributed by atoms with E-state index in [1.807, 2.05) is 18.2 Å². The lowest BCUT2D eigenvalue weighted by molar-refractivity contribution is -0.152. The number of pyridine rings is 1. The van der Waals surface area contributed by atoms with Gasteiger partial charge in [-0.3, -0.25) is 14.4 Å². The summed E-state index contributed by atoms with van der Waals surface area (Å²) in [5.41, 5.74) is 0.883. The van der Waals surface area contributed by atoms with Crippen LogP contribution in [0.5, 0.6) is 0 Å². The molecule has 1 fully saturated rings. The smallest absolute Gasteiger partial charge is 0.326 e.